The lowest BCUT2D eigenvalue weighted by atomic mass is 9.54. The van der Waals surface area contributed by atoms with Crippen LogP contribution in [0.4, 0.5) is 10.5 Å². The van der Waals surface area contributed by atoms with Gasteiger partial charge < -0.3 is 5.32 Å². The van der Waals surface area contributed by atoms with Crippen molar-refractivity contribution in [2.45, 2.75) is 38.1 Å². The number of hydrogen-bond donors (Lipinski definition) is 2. The summed E-state index contributed by atoms with van der Waals surface area (Å²) in [5.41, 5.74) is 0.838. The predicted octanol–water partition coefficient (Wildman–Crippen LogP) is 4.19. The van der Waals surface area contributed by atoms with Crippen LogP contribution in [0.3, 0.4) is 0 Å². The molecule has 1 aromatic carbocycles. The van der Waals surface area contributed by atoms with E-state index in [2.05, 4.69) is 18.1 Å². The minimum absolute atomic E-state index is 0.0815. The molecule has 0 unspecified atom stereocenters. The normalized spacial score (nSPS) is 36.5. The largest absolute Gasteiger partial charge is 0.331 e. The molecule has 21 heavy (non-hydrogen) atoms. The molecule has 112 valence electrons. The van der Waals surface area contributed by atoms with Crippen molar-refractivity contribution in [1.82, 2.24) is 4.31 Å². The van der Waals surface area contributed by atoms with Crippen molar-refractivity contribution >= 4 is 24.5 Å². The highest BCUT2D eigenvalue weighted by molar-refractivity contribution is 7.78. The zero-order valence-electron chi connectivity index (χ0n) is 12.1. The summed E-state index contributed by atoms with van der Waals surface area (Å²) in [4.78, 5) is 12.5. The lowest BCUT2D eigenvalue weighted by molar-refractivity contribution is -0.0279. The molecule has 0 heterocycles. The second kappa shape index (κ2) is 5.24. The van der Waals surface area contributed by atoms with E-state index in [0.29, 0.717) is 17.9 Å². The van der Waals surface area contributed by atoms with Crippen LogP contribution in [0.25, 0.3) is 0 Å². The summed E-state index contributed by atoms with van der Waals surface area (Å²) in [6.45, 7) is 0. The van der Waals surface area contributed by atoms with Gasteiger partial charge in [-0.15, -0.1) is 0 Å². The van der Waals surface area contributed by atoms with Crippen LogP contribution in [0.2, 0.25) is 0 Å². The smallest absolute Gasteiger partial charge is 0.307 e. The Morgan fingerprint density at radius 2 is 1.57 bits per heavy atom. The Kier molecular flexibility index (Phi) is 3.37. The maximum atomic E-state index is 12.5. The molecular weight excluding hydrogens is 280 g/mol. The Balaban J connectivity index is 1.47. The van der Waals surface area contributed by atoms with Crippen molar-refractivity contribution in [2.24, 2.45) is 23.7 Å². The number of thiol groups is 1. The number of urea groups is 1. The Labute approximate surface area is 131 Å². The molecule has 1 aromatic rings. The SMILES string of the molecule is O=C(Nc1ccccc1)N(S)C1C2CC3CC(C2)CC1C3. The standard InChI is InChI=1S/C17H22N2OS/c20-17(18-15-4-2-1-3-5-15)19(21)16-13-7-11-6-12(9-13)10-14(16)8-11/h1-5,11-14,16,21H,6-10H2,(H,18,20). The average Bonchev–Trinajstić information content (AvgIpc) is 2.47. The number of benzene rings is 1. The molecule has 4 fully saturated rings. The molecule has 4 heteroatoms. The molecule has 0 aliphatic heterocycles. The van der Waals surface area contributed by atoms with E-state index in [1.165, 1.54) is 32.1 Å². The predicted molar refractivity (Wildman–Crippen MR) is 87.1 cm³/mol. The van der Waals surface area contributed by atoms with E-state index in [-0.39, 0.29) is 6.03 Å². The first kappa shape index (κ1) is 13.5. The average molecular weight is 302 g/mol. The molecule has 2 amide bonds. The third-order valence-corrected chi connectivity index (χ3v) is 6.14. The van der Waals surface area contributed by atoms with E-state index in [1.54, 1.807) is 4.31 Å². The van der Waals surface area contributed by atoms with E-state index in [0.717, 1.165) is 17.5 Å². The topological polar surface area (TPSA) is 32.3 Å². The van der Waals surface area contributed by atoms with Gasteiger partial charge in [0.15, 0.2) is 0 Å². The summed E-state index contributed by atoms with van der Waals surface area (Å²) in [7, 11) is 0. The monoisotopic (exact) mass is 302 g/mol. The minimum atomic E-state index is -0.0815. The summed E-state index contributed by atoms with van der Waals surface area (Å²) in [6.07, 6.45) is 6.63. The third kappa shape index (κ3) is 2.44. The molecule has 4 aliphatic rings. The van der Waals surface area contributed by atoms with Crippen molar-refractivity contribution in [1.29, 1.82) is 0 Å². The highest BCUT2D eigenvalue weighted by atomic mass is 32.1. The number of hydrogen-bond acceptors (Lipinski definition) is 2. The summed E-state index contributed by atoms with van der Waals surface area (Å²) in [5, 5.41) is 2.96. The van der Waals surface area contributed by atoms with E-state index in [4.69, 9.17) is 0 Å². The molecular formula is C17H22N2OS. The minimum Gasteiger partial charge on any atom is -0.307 e. The van der Waals surface area contributed by atoms with Crippen LogP contribution in [0.5, 0.6) is 0 Å². The molecule has 0 radical (unpaired) electrons. The van der Waals surface area contributed by atoms with E-state index < -0.39 is 0 Å². The van der Waals surface area contributed by atoms with Crippen LogP contribution in [-0.4, -0.2) is 16.4 Å². The first-order valence-electron chi connectivity index (χ1n) is 8.05. The summed E-state index contributed by atoms with van der Waals surface area (Å²) in [5.74, 6) is 3.17. The lowest BCUT2D eigenvalue weighted by Crippen LogP contribution is -2.55. The van der Waals surface area contributed by atoms with Crippen LogP contribution >= 0.6 is 12.8 Å². The number of nitrogens with zero attached hydrogens (tertiary/aromatic N) is 1. The van der Waals surface area contributed by atoms with Crippen molar-refractivity contribution < 1.29 is 4.79 Å². The van der Waals surface area contributed by atoms with Gasteiger partial charge in [0.1, 0.15) is 0 Å². The second-order valence-corrected chi connectivity index (χ2v) is 7.49. The maximum absolute atomic E-state index is 12.5. The molecule has 3 nitrogen and oxygen atoms in total. The van der Waals surface area contributed by atoms with Gasteiger partial charge in [-0.1, -0.05) is 31.0 Å². The fourth-order valence-electron chi connectivity index (χ4n) is 5.13. The molecule has 4 saturated carbocycles. The highest BCUT2D eigenvalue weighted by Gasteiger charge is 2.50. The van der Waals surface area contributed by atoms with Gasteiger partial charge in [-0.2, -0.15) is 0 Å². The maximum Gasteiger partial charge on any atom is 0.331 e. The number of carbonyl (C=O) groups excluding carboxylic acids is 1. The summed E-state index contributed by atoms with van der Waals surface area (Å²) >= 11 is 4.57. The first-order chi connectivity index (χ1) is 10.2. The molecule has 5 rings (SSSR count). The van der Waals surface area contributed by atoms with Gasteiger partial charge in [0.2, 0.25) is 0 Å². The van der Waals surface area contributed by atoms with E-state index >= 15 is 0 Å². The van der Waals surface area contributed by atoms with Crippen molar-refractivity contribution in [3.63, 3.8) is 0 Å². The van der Waals surface area contributed by atoms with Gasteiger partial charge in [0.05, 0.1) is 6.04 Å². The first-order valence-corrected chi connectivity index (χ1v) is 8.45. The Bertz CT molecular complexity index is 505. The quantitative estimate of drug-likeness (QED) is 0.789. The van der Waals surface area contributed by atoms with E-state index in [1.807, 2.05) is 30.3 Å². The molecule has 1 N–H and O–H groups in total. The Morgan fingerprint density at radius 1 is 1.00 bits per heavy atom. The Morgan fingerprint density at radius 3 is 2.14 bits per heavy atom. The Hall–Kier alpha value is -1.16. The van der Waals surface area contributed by atoms with Crippen molar-refractivity contribution in [2.75, 3.05) is 5.32 Å². The molecule has 0 aromatic heterocycles. The van der Waals surface area contributed by atoms with Gasteiger partial charge in [0.25, 0.3) is 0 Å². The van der Waals surface area contributed by atoms with E-state index in [9.17, 15) is 4.79 Å². The van der Waals surface area contributed by atoms with Gasteiger partial charge in [-0.3, -0.25) is 4.31 Å². The van der Waals surface area contributed by atoms with Gasteiger partial charge >= 0.3 is 6.03 Å². The third-order valence-electron chi connectivity index (χ3n) is 5.69. The van der Waals surface area contributed by atoms with Crippen LogP contribution in [0, 0.1) is 23.7 Å². The molecule has 0 atom stereocenters. The molecule has 4 aliphatic carbocycles. The fraction of sp³-hybridized carbons (Fsp3) is 0.588. The van der Waals surface area contributed by atoms with Gasteiger partial charge in [0, 0.05) is 5.69 Å². The number of nitrogens with one attached hydrogen (secondary N) is 1. The van der Waals surface area contributed by atoms with Crippen LogP contribution in [-0.2, 0) is 0 Å². The number of carbonyl (C=O) groups is 1. The summed E-state index contributed by atoms with van der Waals surface area (Å²) < 4.78 is 1.69. The highest BCUT2D eigenvalue weighted by Crippen LogP contribution is 2.55. The fourth-order valence-corrected chi connectivity index (χ4v) is 5.56. The molecule has 0 spiro atoms. The second-order valence-electron chi connectivity index (χ2n) is 7.06. The number of para-hydroxylation sites is 1. The van der Waals surface area contributed by atoms with Crippen LogP contribution in [0.15, 0.2) is 30.3 Å². The molecule has 4 bridgehead atoms. The number of anilines is 1. The zero-order chi connectivity index (χ0) is 14.4. The van der Waals surface area contributed by atoms with Gasteiger partial charge in [-0.05, 0) is 67.9 Å². The zero-order valence-corrected chi connectivity index (χ0v) is 13.0. The van der Waals surface area contributed by atoms with Crippen LogP contribution < -0.4 is 5.32 Å². The van der Waals surface area contributed by atoms with Crippen molar-refractivity contribution in [3.8, 4) is 0 Å². The molecule has 0 saturated heterocycles. The van der Waals surface area contributed by atoms with Crippen LogP contribution in [0.1, 0.15) is 32.1 Å². The van der Waals surface area contributed by atoms with Gasteiger partial charge in [-0.25, -0.2) is 4.79 Å². The lowest BCUT2D eigenvalue weighted by Gasteiger charge is -2.55. The van der Waals surface area contributed by atoms with Crippen molar-refractivity contribution in [3.05, 3.63) is 30.3 Å². The number of amides is 2. The number of rotatable bonds is 2. The summed E-state index contributed by atoms with van der Waals surface area (Å²) in [6, 6.07) is 9.88.